The van der Waals surface area contributed by atoms with Crippen LogP contribution in [-0.2, 0) is 4.74 Å². The van der Waals surface area contributed by atoms with Crippen molar-refractivity contribution in [2.75, 3.05) is 7.11 Å². The van der Waals surface area contributed by atoms with E-state index < -0.39 is 5.97 Å². The molecule has 0 fully saturated rings. The van der Waals surface area contributed by atoms with Crippen LogP contribution in [0.1, 0.15) is 27.8 Å². The normalized spacial score (nSPS) is 10.1. The minimum atomic E-state index is -0.733. The van der Waals surface area contributed by atoms with E-state index in [1.807, 2.05) is 0 Å². The van der Waals surface area contributed by atoms with Crippen LogP contribution < -0.4 is 0 Å². The Balaban J connectivity index is 2.60. The quantitative estimate of drug-likeness (QED) is 0.605. The van der Waals surface area contributed by atoms with Crippen molar-refractivity contribution < 1.29 is 18.8 Å². The fourth-order valence-electron chi connectivity index (χ4n) is 1.55. The van der Waals surface area contributed by atoms with Crippen LogP contribution in [0.4, 0.5) is 0 Å². The van der Waals surface area contributed by atoms with E-state index in [-0.39, 0.29) is 22.8 Å². The Morgan fingerprint density at radius 3 is 2.72 bits per heavy atom. The van der Waals surface area contributed by atoms with Gasteiger partial charge in [-0.25, -0.2) is 4.79 Å². The van der Waals surface area contributed by atoms with Gasteiger partial charge in [-0.2, -0.15) is 0 Å². The molecule has 0 radical (unpaired) electrons. The number of carbonyl (C=O) groups is 2. The van der Waals surface area contributed by atoms with Crippen LogP contribution in [0.2, 0.25) is 0 Å². The monoisotopic (exact) mass is 246 g/mol. The molecule has 2 aromatic rings. The first-order chi connectivity index (χ1) is 8.65. The molecule has 0 atom stereocenters. The summed E-state index contributed by atoms with van der Waals surface area (Å²) in [5, 5.41) is 3.74. The molecule has 18 heavy (non-hydrogen) atoms. The van der Waals surface area contributed by atoms with Crippen LogP contribution >= 0.6 is 0 Å². The number of esters is 1. The molecule has 2 rings (SSSR count). The molecule has 0 aromatic carbocycles. The Bertz CT molecular complexity index is 589. The Kier molecular flexibility index (Phi) is 3.18. The first-order valence-corrected chi connectivity index (χ1v) is 5.14. The molecule has 0 bridgehead atoms. The molecule has 0 N–H and O–H groups in total. The van der Waals surface area contributed by atoms with Gasteiger partial charge in [-0.15, -0.1) is 0 Å². The predicted octanol–water partition coefficient (Wildman–Crippen LogP) is 1.73. The third-order valence-electron chi connectivity index (χ3n) is 2.35. The van der Waals surface area contributed by atoms with Gasteiger partial charge in [0.05, 0.1) is 7.11 Å². The van der Waals surface area contributed by atoms with Gasteiger partial charge >= 0.3 is 5.97 Å². The first-order valence-electron chi connectivity index (χ1n) is 5.14. The number of methoxy groups -OCH3 is 1. The molecule has 92 valence electrons. The van der Waals surface area contributed by atoms with Gasteiger partial charge in [-0.3, -0.25) is 9.78 Å². The van der Waals surface area contributed by atoms with Gasteiger partial charge in [0.15, 0.2) is 5.78 Å². The van der Waals surface area contributed by atoms with Crippen molar-refractivity contribution in [1.29, 1.82) is 0 Å². The average Bonchev–Trinajstić information content (AvgIpc) is 2.83. The third-order valence-corrected chi connectivity index (χ3v) is 2.35. The maximum absolute atomic E-state index is 11.6. The highest BCUT2D eigenvalue weighted by molar-refractivity contribution is 6.07. The number of ketones is 1. The zero-order valence-electron chi connectivity index (χ0n) is 9.84. The zero-order valence-corrected chi connectivity index (χ0v) is 9.84. The fourth-order valence-corrected chi connectivity index (χ4v) is 1.55. The van der Waals surface area contributed by atoms with Crippen LogP contribution in [0.25, 0.3) is 11.3 Å². The lowest BCUT2D eigenvalue weighted by Crippen LogP contribution is -2.06. The molecule has 0 amide bonds. The summed E-state index contributed by atoms with van der Waals surface area (Å²) in [6, 6.07) is 3.42. The van der Waals surface area contributed by atoms with Crippen molar-refractivity contribution in [3.63, 3.8) is 0 Å². The second-order valence-corrected chi connectivity index (χ2v) is 3.52. The maximum atomic E-state index is 11.6. The summed E-state index contributed by atoms with van der Waals surface area (Å²) >= 11 is 0. The van der Waals surface area contributed by atoms with Gasteiger partial charge < -0.3 is 9.26 Å². The highest BCUT2D eigenvalue weighted by Gasteiger charge is 2.26. The van der Waals surface area contributed by atoms with E-state index in [2.05, 4.69) is 14.9 Å². The van der Waals surface area contributed by atoms with Crippen LogP contribution in [0.3, 0.4) is 0 Å². The summed E-state index contributed by atoms with van der Waals surface area (Å²) in [7, 11) is 1.21. The van der Waals surface area contributed by atoms with Crippen molar-refractivity contribution in [3.8, 4) is 11.3 Å². The number of ether oxygens (including phenoxy) is 1. The van der Waals surface area contributed by atoms with E-state index in [1.165, 1.54) is 20.2 Å². The highest BCUT2D eigenvalue weighted by Crippen LogP contribution is 2.25. The number of carbonyl (C=O) groups excluding carboxylic acids is 2. The minimum Gasteiger partial charge on any atom is -0.463 e. The van der Waals surface area contributed by atoms with E-state index in [0.29, 0.717) is 5.56 Å². The maximum Gasteiger partial charge on any atom is 0.377 e. The number of nitrogens with zero attached hydrogens (tertiary/aromatic N) is 2. The summed E-state index contributed by atoms with van der Waals surface area (Å²) in [6.07, 6.45) is 3.13. The van der Waals surface area contributed by atoms with Crippen molar-refractivity contribution in [1.82, 2.24) is 10.1 Å². The van der Waals surface area contributed by atoms with Crippen molar-refractivity contribution >= 4 is 11.8 Å². The number of Topliss-reactive ketones (excluding diaryl/α,β-unsaturated/α-hetero) is 1. The van der Waals surface area contributed by atoms with Gasteiger partial charge in [0.25, 0.3) is 5.76 Å². The molecule has 2 aromatic heterocycles. The first kappa shape index (κ1) is 12.0. The number of aromatic nitrogens is 2. The Morgan fingerprint density at radius 2 is 2.17 bits per heavy atom. The van der Waals surface area contributed by atoms with E-state index in [4.69, 9.17) is 4.52 Å². The lowest BCUT2D eigenvalue weighted by atomic mass is 10.0. The SMILES string of the molecule is COC(=O)c1onc(-c2cccnc2)c1C(C)=O. The smallest absolute Gasteiger partial charge is 0.377 e. The topological polar surface area (TPSA) is 82.3 Å². The highest BCUT2D eigenvalue weighted by atomic mass is 16.5. The third kappa shape index (κ3) is 2.00. The molecule has 0 aliphatic rings. The van der Waals surface area contributed by atoms with E-state index in [0.717, 1.165) is 0 Å². The predicted molar refractivity (Wildman–Crippen MR) is 61.1 cm³/mol. The van der Waals surface area contributed by atoms with Crippen molar-refractivity contribution in [2.24, 2.45) is 0 Å². The van der Waals surface area contributed by atoms with E-state index >= 15 is 0 Å². The van der Waals surface area contributed by atoms with Gasteiger partial charge in [-0.05, 0) is 19.1 Å². The Labute approximate surface area is 103 Å². The van der Waals surface area contributed by atoms with Crippen LogP contribution in [0, 0.1) is 0 Å². The number of pyridine rings is 1. The zero-order chi connectivity index (χ0) is 13.1. The standard InChI is InChI=1S/C12H10N2O4/c1-7(15)9-10(8-4-3-5-13-6-8)14-18-11(9)12(16)17-2/h3-6H,1-2H3. The summed E-state index contributed by atoms with van der Waals surface area (Å²) in [5.41, 5.74) is 0.993. The minimum absolute atomic E-state index is 0.106. The van der Waals surface area contributed by atoms with Gasteiger partial charge in [0.2, 0.25) is 0 Å². The summed E-state index contributed by atoms with van der Waals surface area (Å²) in [4.78, 5) is 27.0. The molecule has 0 unspecified atom stereocenters. The molecule has 0 saturated carbocycles. The van der Waals surface area contributed by atoms with Gasteiger partial charge in [0, 0.05) is 18.0 Å². The summed E-state index contributed by atoms with van der Waals surface area (Å²) in [6.45, 7) is 1.33. The van der Waals surface area contributed by atoms with E-state index in [9.17, 15) is 9.59 Å². The van der Waals surface area contributed by atoms with E-state index in [1.54, 1.807) is 18.3 Å². The van der Waals surface area contributed by atoms with Gasteiger partial charge in [0.1, 0.15) is 11.3 Å². The molecule has 0 spiro atoms. The lowest BCUT2D eigenvalue weighted by molar-refractivity contribution is 0.0550. The molecule has 6 heteroatoms. The number of hydrogen-bond donors (Lipinski definition) is 0. The Morgan fingerprint density at radius 1 is 1.39 bits per heavy atom. The van der Waals surface area contributed by atoms with Crippen LogP contribution in [0.15, 0.2) is 29.0 Å². The molecule has 0 aliphatic heterocycles. The molecular formula is C12H10N2O4. The molecular weight excluding hydrogens is 236 g/mol. The van der Waals surface area contributed by atoms with Gasteiger partial charge in [-0.1, -0.05) is 5.16 Å². The Hall–Kier alpha value is -2.50. The molecule has 2 heterocycles. The largest absolute Gasteiger partial charge is 0.463 e. The lowest BCUT2D eigenvalue weighted by Gasteiger charge is -1.98. The molecule has 0 aliphatic carbocycles. The summed E-state index contributed by atoms with van der Waals surface area (Å²) in [5.74, 6) is -1.25. The molecule has 6 nitrogen and oxygen atoms in total. The average molecular weight is 246 g/mol. The number of hydrogen-bond acceptors (Lipinski definition) is 6. The van der Waals surface area contributed by atoms with Crippen LogP contribution in [0.5, 0.6) is 0 Å². The second-order valence-electron chi connectivity index (χ2n) is 3.52. The molecule has 0 saturated heterocycles. The number of rotatable bonds is 3. The second kappa shape index (κ2) is 4.79. The van der Waals surface area contributed by atoms with Crippen molar-refractivity contribution in [3.05, 3.63) is 35.9 Å². The van der Waals surface area contributed by atoms with Crippen molar-refractivity contribution in [2.45, 2.75) is 6.92 Å². The fraction of sp³-hybridized carbons (Fsp3) is 0.167. The summed E-state index contributed by atoms with van der Waals surface area (Å²) < 4.78 is 9.43. The van der Waals surface area contributed by atoms with Crippen LogP contribution in [-0.4, -0.2) is 29.0 Å².